The highest BCUT2D eigenvalue weighted by molar-refractivity contribution is 5.15. The van der Waals surface area contributed by atoms with Gasteiger partial charge in [0.15, 0.2) is 0 Å². The molecule has 2 aliphatic rings. The van der Waals surface area contributed by atoms with Crippen molar-refractivity contribution in [2.75, 3.05) is 13.1 Å². The highest BCUT2D eigenvalue weighted by Gasteiger charge is 2.16. The van der Waals surface area contributed by atoms with E-state index in [0.717, 1.165) is 0 Å². The van der Waals surface area contributed by atoms with E-state index in [1.54, 1.807) is 0 Å². The summed E-state index contributed by atoms with van der Waals surface area (Å²) < 4.78 is 0. The number of allylic oxidation sites excluding steroid dienone is 4. The zero-order valence-electron chi connectivity index (χ0n) is 6.48. The molecule has 1 fully saturated rings. The highest BCUT2D eigenvalue weighted by atomic mass is 15.6. The van der Waals surface area contributed by atoms with Crippen LogP contribution in [0.15, 0.2) is 36.7 Å². The average molecular weight is 148 g/mol. The lowest BCUT2D eigenvalue weighted by Gasteiger charge is -2.37. The number of nitrogens with zero attached hydrogens (tertiary/aromatic N) is 2. The Bertz CT molecular complexity index is 196. The molecule has 2 heteroatoms. The number of hydrogen-bond acceptors (Lipinski definition) is 2. The van der Waals surface area contributed by atoms with Crippen LogP contribution in [0.25, 0.3) is 0 Å². The summed E-state index contributed by atoms with van der Waals surface area (Å²) in [7, 11) is 0. The van der Waals surface area contributed by atoms with Gasteiger partial charge in [-0.25, -0.2) is 5.01 Å². The minimum absolute atomic E-state index is 1.19. The van der Waals surface area contributed by atoms with E-state index in [2.05, 4.69) is 34.6 Å². The molecule has 2 nitrogen and oxygen atoms in total. The van der Waals surface area contributed by atoms with Gasteiger partial charge in [0.05, 0.1) is 0 Å². The molecule has 0 aliphatic carbocycles. The van der Waals surface area contributed by atoms with Gasteiger partial charge in [-0.2, -0.15) is 0 Å². The van der Waals surface area contributed by atoms with Crippen molar-refractivity contribution in [2.45, 2.75) is 6.42 Å². The zero-order valence-corrected chi connectivity index (χ0v) is 6.48. The van der Waals surface area contributed by atoms with E-state index >= 15 is 0 Å². The molecule has 0 amide bonds. The second-order valence-corrected chi connectivity index (χ2v) is 2.76. The van der Waals surface area contributed by atoms with Crippen LogP contribution in [0.2, 0.25) is 0 Å². The van der Waals surface area contributed by atoms with Crippen LogP contribution in [0.1, 0.15) is 6.42 Å². The molecule has 0 spiro atoms. The normalized spacial score (nSPS) is 23.5. The second kappa shape index (κ2) is 2.93. The van der Waals surface area contributed by atoms with Crippen molar-refractivity contribution < 1.29 is 0 Å². The Kier molecular flexibility index (Phi) is 1.78. The van der Waals surface area contributed by atoms with Crippen molar-refractivity contribution >= 4 is 0 Å². The van der Waals surface area contributed by atoms with Crippen molar-refractivity contribution in [3.8, 4) is 0 Å². The molecule has 2 heterocycles. The quantitative estimate of drug-likeness (QED) is 0.556. The van der Waals surface area contributed by atoms with Crippen LogP contribution in [0.5, 0.6) is 0 Å². The Morgan fingerprint density at radius 1 is 0.818 bits per heavy atom. The van der Waals surface area contributed by atoms with E-state index in [-0.39, 0.29) is 0 Å². The lowest BCUT2D eigenvalue weighted by atomic mass is 10.3. The molecule has 0 N–H and O–H groups in total. The Balaban J connectivity index is 2.02. The monoisotopic (exact) mass is 148 g/mol. The van der Waals surface area contributed by atoms with Crippen molar-refractivity contribution in [2.24, 2.45) is 0 Å². The summed E-state index contributed by atoms with van der Waals surface area (Å²) in [6.45, 7) is 2.38. The SMILES string of the molecule is C1=CC=CN(N2CCC2)C=C1. The molecule has 0 aromatic carbocycles. The summed E-state index contributed by atoms with van der Waals surface area (Å²) >= 11 is 0. The summed E-state index contributed by atoms with van der Waals surface area (Å²) in [5.74, 6) is 0. The Morgan fingerprint density at radius 2 is 1.45 bits per heavy atom. The minimum Gasteiger partial charge on any atom is -0.289 e. The molecular formula is C9H12N2. The van der Waals surface area contributed by atoms with Gasteiger partial charge < -0.3 is 0 Å². The van der Waals surface area contributed by atoms with Crippen LogP contribution in [0.4, 0.5) is 0 Å². The molecular weight excluding hydrogens is 136 g/mol. The average Bonchev–Trinajstić information content (AvgIpc) is 2.12. The molecule has 58 valence electrons. The maximum Gasteiger partial charge on any atom is 0.0211 e. The van der Waals surface area contributed by atoms with E-state index in [1.807, 2.05) is 12.2 Å². The zero-order chi connectivity index (χ0) is 7.52. The lowest BCUT2D eigenvalue weighted by molar-refractivity contribution is 0.00582. The van der Waals surface area contributed by atoms with Crippen LogP contribution >= 0.6 is 0 Å². The summed E-state index contributed by atoms with van der Waals surface area (Å²) in [5.41, 5.74) is 0. The minimum atomic E-state index is 1.19. The smallest absolute Gasteiger partial charge is 0.0211 e. The predicted molar refractivity (Wildman–Crippen MR) is 45.4 cm³/mol. The van der Waals surface area contributed by atoms with Crippen molar-refractivity contribution in [1.29, 1.82) is 0 Å². The van der Waals surface area contributed by atoms with Gasteiger partial charge in [-0.1, -0.05) is 12.2 Å². The summed E-state index contributed by atoms with van der Waals surface area (Å²) in [6, 6.07) is 0. The first kappa shape index (κ1) is 6.68. The largest absolute Gasteiger partial charge is 0.289 e. The van der Waals surface area contributed by atoms with Crippen LogP contribution in [0.3, 0.4) is 0 Å². The van der Waals surface area contributed by atoms with Crippen molar-refractivity contribution in [1.82, 2.24) is 10.0 Å². The van der Waals surface area contributed by atoms with Gasteiger partial charge in [0, 0.05) is 25.5 Å². The van der Waals surface area contributed by atoms with E-state index < -0.39 is 0 Å². The molecule has 2 rings (SSSR count). The topological polar surface area (TPSA) is 6.48 Å². The number of hydrogen-bond donors (Lipinski definition) is 0. The van der Waals surface area contributed by atoms with E-state index in [1.165, 1.54) is 19.5 Å². The van der Waals surface area contributed by atoms with Crippen LogP contribution in [0, 0.1) is 0 Å². The molecule has 0 aromatic rings. The number of rotatable bonds is 1. The third-order valence-corrected chi connectivity index (χ3v) is 1.97. The molecule has 0 saturated carbocycles. The summed E-state index contributed by atoms with van der Waals surface area (Å²) in [4.78, 5) is 0. The third-order valence-electron chi connectivity index (χ3n) is 1.97. The van der Waals surface area contributed by atoms with Crippen LogP contribution in [-0.2, 0) is 0 Å². The van der Waals surface area contributed by atoms with Crippen molar-refractivity contribution in [3.05, 3.63) is 36.7 Å². The Labute approximate surface area is 67.1 Å². The van der Waals surface area contributed by atoms with Crippen LogP contribution < -0.4 is 0 Å². The molecule has 0 bridgehead atoms. The lowest BCUT2D eigenvalue weighted by Crippen LogP contribution is -2.45. The molecule has 0 aromatic heterocycles. The molecule has 0 radical (unpaired) electrons. The fourth-order valence-corrected chi connectivity index (χ4v) is 1.17. The Morgan fingerprint density at radius 3 is 1.91 bits per heavy atom. The predicted octanol–water partition coefficient (Wildman–Crippen LogP) is 1.51. The standard InChI is InChI=1S/C9H12N2/c1-2-4-7-10(6-3-1)11-8-5-9-11/h1-4,6-7H,5,8-9H2. The maximum atomic E-state index is 2.31. The second-order valence-electron chi connectivity index (χ2n) is 2.76. The molecule has 0 unspecified atom stereocenters. The molecule has 1 saturated heterocycles. The first-order valence-corrected chi connectivity index (χ1v) is 4.02. The van der Waals surface area contributed by atoms with Gasteiger partial charge in [0.2, 0.25) is 0 Å². The van der Waals surface area contributed by atoms with Crippen molar-refractivity contribution in [3.63, 3.8) is 0 Å². The first-order chi connectivity index (χ1) is 5.47. The van der Waals surface area contributed by atoms with Gasteiger partial charge in [0.1, 0.15) is 0 Å². The van der Waals surface area contributed by atoms with E-state index in [4.69, 9.17) is 0 Å². The molecule has 0 atom stereocenters. The van der Waals surface area contributed by atoms with Gasteiger partial charge in [-0.15, -0.1) is 0 Å². The highest BCUT2D eigenvalue weighted by Crippen LogP contribution is 2.12. The van der Waals surface area contributed by atoms with E-state index in [9.17, 15) is 0 Å². The molecule has 2 aliphatic heterocycles. The fraction of sp³-hybridized carbons (Fsp3) is 0.333. The van der Waals surface area contributed by atoms with Gasteiger partial charge in [-0.3, -0.25) is 5.01 Å². The fourth-order valence-electron chi connectivity index (χ4n) is 1.17. The van der Waals surface area contributed by atoms with E-state index in [0.29, 0.717) is 0 Å². The first-order valence-electron chi connectivity index (χ1n) is 4.02. The summed E-state index contributed by atoms with van der Waals surface area (Å²) in [5, 5.41) is 4.45. The summed E-state index contributed by atoms with van der Waals surface area (Å²) in [6.07, 6.45) is 13.7. The third kappa shape index (κ3) is 1.35. The molecule has 11 heavy (non-hydrogen) atoms. The van der Waals surface area contributed by atoms with Gasteiger partial charge in [0.25, 0.3) is 0 Å². The van der Waals surface area contributed by atoms with Gasteiger partial charge in [-0.05, 0) is 18.6 Å². The van der Waals surface area contributed by atoms with Crippen LogP contribution in [-0.4, -0.2) is 23.1 Å². The maximum absolute atomic E-state index is 2.31. The Hall–Kier alpha value is -1.02. The number of hydrazine groups is 1. The van der Waals surface area contributed by atoms with Gasteiger partial charge >= 0.3 is 0 Å².